The van der Waals surface area contributed by atoms with Gasteiger partial charge in [-0.1, -0.05) is 125 Å². The lowest BCUT2D eigenvalue weighted by Crippen LogP contribution is -2.42. The molecule has 140 heavy (non-hydrogen) atoms. The van der Waals surface area contributed by atoms with Crippen molar-refractivity contribution >= 4 is 149 Å². The van der Waals surface area contributed by atoms with Gasteiger partial charge in [0.05, 0.1) is 45.7 Å². The molecule has 0 saturated carbocycles. The van der Waals surface area contributed by atoms with Crippen molar-refractivity contribution < 1.29 is 66.7 Å². The molecule has 0 radical (unpaired) electrons. The van der Waals surface area contributed by atoms with Crippen molar-refractivity contribution in [3.63, 3.8) is 0 Å². The first-order chi connectivity index (χ1) is 67.9. The SMILES string of the molecule is CCOC(=O)N1CCc2c([nH]c3ccc(Cl)cc23)C1c1ccc(C(=O)N2CCOCC2)cc1.CCOC(=O)N1CCc2c([nH]c3ccc(Cl)cc23)C1c1ccc(C(=O)NCC2CCCO2)cc1.CN(C)CC(=O)Nc1ccc(C2c3[nH]c4ccc(Cl)cc4c3CCN2C(=O)Oc2ccc(Cl)cc2)cc1.CN(C)CCCOc1ccc(C2c3[nH]c4ccc(Cl)cc4c3CCN2C(=O)Oc2ccccc2)cc1. The maximum absolute atomic E-state index is 13.4. The van der Waals surface area contributed by atoms with Gasteiger partial charge in [0.15, 0.2) is 0 Å². The molecule has 5 unspecified atom stereocenters. The highest BCUT2D eigenvalue weighted by atomic mass is 35.5. The van der Waals surface area contributed by atoms with E-state index in [9.17, 15) is 33.6 Å². The third-order valence-electron chi connectivity index (χ3n) is 25.8. The molecular formula is C108H110Cl5N13O14. The van der Waals surface area contributed by atoms with Crippen molar-refractivity contribution in [1.82, 2.24) is 59.6 Å². The van der Waals surface area contributed by atoms with Crippen LogP contribution in [0.1, 0.15) is 145 Å². The van der Waals surface area contributed by atoms with Crippen molar-refractivity contribution in [2.75, 3.05) is 132 Å². The van der Waals surface area contributed by atoms with Crippen molar-refractivity contribution in [1.29, 1.82) is 0 Å². The third-order valence-corrected chi connectivity index (χ3v) is 26.9. The van der Waals surface area contributed by atoms with Crippen molar-refractivity contribution in [3.05, 3.63) is 328 Å². The lowest BCUT2D eigenvalue weighted by atomic mass is 9.92. The maximum atomic E-state index is 13.4. The van der Waals surface area contributed by atoms with E-state index in [2.05, 4.69) is 49.6 Å². The van der Waals surface area contributed by atoms with E-state index >= 15 is 0 Å². The molecule has 27 nitrogen and oxygen atoms in total. The van der Waals surface area contributed by atoms with Crippen LogP contribution < -0.4 is 24.8 Å². The number of fused-ring (bicyclic) bond motifs is 12. The zero-order valence-electron chi connectivity index (χ0n) is 78.5. The summed E-state index contributed by atoms with van der Waals surface area (Å²) in [4.78, 5) is 117. The number of halogens is 5. The molecule has 0 aliphatic carbocycles. The van der Waals surface area contributed by atoms with Crippen molar-refractivity contribution in [2.24, 2.45) is 0 Å². The van der Waals surface area contributed by atoms with E-state index in [4.69, 9.17) is 91.2 Å². The van der Waals surface area contributed by atoms with E-state index < -0.39 is 12.1 Å². The second-order valence-electron chi connectivity index (χ2n) is 35.6. The molecular weight excluding hydrogens is 1880 g/mol. The van der Waals surface area contributed by atoms with Crippen LogP contribution in [-0.4, -0.2) is 229 Å². The molecule has 4 aromatic heterocycles. The van der Waals surface area contributed by atoms with E-state index in [-0.39, 0.29) is 66.8 Å². The number of nitrogens with zero attached hydrogens (tertiary/aromatic N) is 7. The maximum Gasteiger partial charge on any atom is 0.416 e. The van der Waals surface area contributed by atoms with E-state index in [0.717, 1.165) is 143 Å². The van der Waals surface area contributed by atoms with Gasteiger partial charge in [0.25, 0.3) is 11.8 Å². The first-order valence-corrected chi connectivity index (χ1v) is 49.0. The zero-order chi connectivity index (χ0) is 97.8. The molecule has 7 amide bonds. The Bertz CT molecular complexity index is 6790. The number of amides is 7. The van der Waals surface area contributed by atoms with Gasteiger partial charge in [0, 0.05) is 167 Å². The highest BCUT2D eigenvalue weighted by Gasteiger charge is 2.41. The fourth-order valence-corrected chi connectivity index (χ4v) is 20.0. The Labute approximate surface area is 836 Å². The number of nitrogens with one attached hydrogen (secondary N) is 6. The molecule has 0 spiro atoms. The lowest BCUT2D eigenvalue weighted by molar-refractivity contribution is -0.116. The topological polar surface area (TPSA) is 294 Å². The number of para-hydroxylation sites is 1. The van der Waals surface area contributed by atoms with E-state index in [0.29, 0.717) is 158 Å². The molecule has 6 aliphatic rings. The average Bonchev–Trinajstić information content (AvgIpc) is 1.60. The van der Waals surface area contributed by atoms with Gasteiger partial charge in [-0.15, -0.1) is 0 Å². The van der Waals surface area contributed by atoms with Gasteiger partial charge in [0.1, 0.15) is 41.4 Å². The largest absolute Gasteiger partial charge is 0.494 e. The lowest BCUT2D eigenvalue weighted by Gasteiger charge is -2.35. The monoisotopic (exact) mass is 1990 g/mol. The van der Waals surface area contributed by atoms with Gasteiger partial charge in [-0.2, -0.15) is 0 Å². The smallest absolute Gasteiger partial charge is 0.416 e. The molecule has 20 rings (SSSR count). The summed E-state index contributed by atoms with van der Waals surface area (Å²) >= 11 is 31.1. The Morgan fingerprint density at radius 2 is 0.807 bits per heavy atom. The van der Waals surface area contributed by atoms with Crippen molar-refractivity contribution in [3.8, 4) is 17.2 Å². The van der Waals surface area contributed by atoms with Crippen LogP contribution >= 0.6 is 58.0 Å². The molecule has 2 saturated heterocycles. The predicted octanol–water partition coefficient (Wildman–Crippen LogP) is 21.7. The number of rotatable bonds is 20. The normalized spacial score (nSPS) is 17.0. The molecule has 6 aliphatic heterocycles. The third kappa shape index (κ3) is 22.8. The minimum absolute atomic E-state index is 0.00307. The summed E-state index contributed by atoms with van der Waals surface area (Å²) in [6, 6.07) is 68.1. The summed E-state index contributed by atoms with van der Waals surface area (Å²) < 4.78 is 39.0. The van der Waals surface area contributed by atoms with Crippen LogP contribution in [0.15, 0.2) is 224 Å². The Morgan fingerprint density at radius 3 is 1.21 bits per heavy atom. The molecule has 0 bridgehead atoms. The van der Waals surface area contributed by atoms with Gasteiger partial charge in [-0.05, 0) is 289 Å². The van der Waals surface area contributed by atoms with Gasteiger partial charge in [-0.3, -0.25) is 34.0 Å². The summed E-state index contributed by atoms with van der Waals surface area (Å²) in [5.74, 6) is 1.53. The minimum Gasteiger partial charge on any atom is -0.494 e. The molecule has 5 atom stereocenters. The number of anilines is 1. The average molecular weight is 1990 g/mol. The van der Waals surface area contributed by atoms with E-state index in [1.807, 2.05) is 195 Å². The van der Waals surface area contributed by atoms with Crippen LogP contribution in [0.2, 0.25) is 25.1 Å². The molecule has 10 heterocycles. The second kappa shape index (κ2) is 45.0. The summed E-state index contributed by atoms with van der Waals surface area (Å²) in [6.45, 7) is 11.8. The van der Waals surface area contributed by atoms with Crippen LogP contribution in [0.5, 0.6) is 17.2 Å². The number of hydrogen-bond donors (Lipinski definition) is 6. The standard InChI is InChI=1S/C29H30ClN3O3.C28H26Cl2N4O3.C26H28ClN3O4.C25H26ClN3O4/c1-32(2)16-6-18-35-22-12-9-20(10-13-22)28-27-24(25-19-21(30)11-14-26(25)31-27)15-17-33(28)29(34)36-23-7-4-3-5-8-23;1-33(2)16-25(35)31-20-8-3-17(4-9-20)27-26-22(23-15-19(30)7-12-24(23)32-26)13-14-34(27)28(36)37-21-10-5-18(29)6-11-21;1-2-33-26(32)30-12-11-20-21-14-18(27)9-10-22(21)29-23(20)24(30)16-5-7-17(8-6-16)25(31)28-15-19-4-3-13-34-19;1-2-33-25(31)29-10-9-19-20-15-18(26)7-8-21(20)27-22(19)23(29)16-3-5-17(6-4-16)24(30)28-11-13-32-14-12-28/h3-5,7-14,19,28,31H,6,15-18H2,1-2H3;3-12,15,27,32H,13-14,16H2,1-2H3,(H,31,35);5-10,14,19,24,29H,2-4,11-13,15H2,1H3,(H,28,31);3-8,15,23,27H,2,9-14H2,1H3. The minimum atomic E-state index is -0.460. The van der Waals surface area contributed by atoms with E-state index in [1.165, 1.54) is 5.56 Å². The molecule has 10 aromatic carbocycles. The fraction of sp³-hybridized carbons (Fsp3) is 0.306. The number of aromatic nitrogens is 4. The Balaban J connectivity index is 0.000000129. The molecule has 32 heteroatoms. The predicted molar refractivity (Wildman–Crippen MR) is 546 cm³/mol. The van der Waals surface area contributed by atoms with Gasteiger partial charge in [0.2, 0.25) is 5.91 Å². The van der Waals surface area contributed by atoms with Gasteiger partial charge >= 0.3 is 24.4 Å². The van der Waals surface area contributed by atoms with E-state index in [1.54, 1.807) is 86.9 Å². The molecule has 2 fully saturated rings. The van der Waals surface area contributed by atoms with Crippen LogP contribution in [0.25, 0.3) is 43.6 Å². The van der Waals surface area contributed by atoms with Crippen LogP contribution in [0, 0.1) is 0 Å². The summed E-state index contributed by atoms with van der Waals surface area (Å²) in [7, 11) is 7.79. The number of ether oxygens (including phenoxy) is 7. The Kier molecular flexibility index (Phi) is 31.7. The summed E-state index contributed by atoms with van der Waals surface area (Å²) in [6.07, 6.45) is 4.30. The van der Waals surface area contributed by atoms with Crippen LogP contribution in [0.3, 0.4) is 0 Å². The fourth-order valence-electron chi connectivity index (χ4n) is 19.2. The van der Waals surface area contributed by atoms with Gasteiger partial charge < -0.3 is 78.4 Å². The Morgan fingerprint density at radius 1 is 0.421 bits per heavy atom. The highest BCUT2D eigenvalue weighted by Crippen LogP contribution is 2.46. The second-order valence-corrected chi connectivity index (χ2v) is 37.8. The summed E-state index contributed by atoms with van der Waals surface area (Å²) in [5, 5.41) is 13.4. The molecule has 14 aromatic rings. The number of benzene rings is 10. The molecule has 726 valence electrons. The number of hydrogen-bond acceptors (Lipinski definition) is 16. The van der Waals surface area contributed by atoms with Crippen molar-refractivity contribution in [2.45, 2.75) is 89.1 Å². The zero-order valence-corrected chi connectivity index (χ0v) is 82.3. The molecule has 6 N–H and O–H groups in total. The number of carbonyl (C=O) groups is 7. The number of H-pyrrole nitrogens is 4. The van der Waals surface area contributed by atoms with Crippen LogP contribution in [0.4, 0.5) is 24.9 Å². The number of likely N-dealkylation sites (N-methyl/N-ethyl adjacent to an activating group) is 1. The first-order valence-electron chi connectivity index (χ1n) is 47.1. The summed E-state index contributed by atoms with van der Waals surface area (Å²) in [5.41, 5.74) is 18.0. The number of aromatic amines is 4. The number of morpholine rings is 1. The Hall–Kier alpha value is -13.1. The van der Waals surface area contributed by atoms with Gasteiger partial charge in [-0.25, -0.2) is 19.2 Å². The number of carbonyl (C=O) groups excluding carboxylic acids is 7. The first kappa shape index (κ1) is 98.5. The van der Waals surface area contributed by atoms with Crippen LogP contribution in [-0.2, 0) is 49.4 Å². The quantitative estimate of drug-likeness (QED) is 0.0387. The highest BCUT2D eigenvalue weighted by molar-refractivity contribution is 6.33.